The number of halogens is 1. The van der Waals surface area contributed by atoms with E-state index in [9.17, 15) is 0 Å². The van der Waals surface area contributed by atoms with Crippen LogP contribution < -0.4 is 17.0 Å². The first-order valence-corrected chi connectivity index (χ1v) is 12.0. The van der Waals surface area contributed by atoms with Gasteiger partial charge in [-0.15, -0.1) is 0 Å². The molecule has 0 aliphatic carbocycles. The van der Waals surface area contributed by atoms with Crippen molar-refractivity contribution >= 4 is 0 Å². The molecule has 1 aromatic heterocycles. The van der Waals surface area contributed by atoms with E-state index in [1.165, 1.54) is 115 Å². The highest BCUT2D eigenvalue weighted by Gasteiger charge is 2.01. The second kappa shape index (κ2) is 21.1. The molecule has 0 aromatic carbocycles. The van der Waals surface area contributed by atoms with Crippen LogP contribution in [0, 0.1) is 0 Å². The lowest BCUT2D eigenvalue weighted by molar-refractivity contribution is -0.697. The SMILES string of the molecule is CCCCCCCCc1cc[n+](CCCCCCCCCCCCO)cc1.[Cl-]. The number of aliphatic hydroxyl groups is 1. The van der Waals surface area contributed by atoms with Gasteiger partial charge in [0.05, 0.1) is 0 Å². The summed E-state index contributed by atoms with van der Waals surface area (Å²) in [4.78, 5) is 0. The Morgan fingerprint density at radius 1 is 0.643 bits per heavy atom. The molecule has 1 rings (SSSR count). The third kappa shape index (κ3) is 16.4. The zero-order valence-electron chi connectivity index (χ0n) is 18.5. The first-order chi connectivity index (χ1) is 13.4. The lowest BCUT2D eigenvalue weighted by Gasteiger charge is -2.03. The van der Waals surface area contributed by atoms with Crippen molar-refractivity contribution in [3.05, 3.63) is 30.1 Å². The molecule has 28 heavy (non-hydrogen) atoms. The predicted molar refractivity (Wildman–Crippen MR) is 117 cm³/mol. The van der Waals surface area contributed by atoms with Crippen LogP contribution >= 0.6 is 0 Å². The van der Waals surface area contributed by atoms with E-state index in [2.05, 4.69) is 36.0 Å². The van der Waals surface area contributed by atoms with Crippen LogP contribution in [0.15, 0.2) is 24.5 Å². The normalized spacial score (nSPS) is 10.8. The van der Waals surface area contributed by atoms with E-state index in [4.69, 9.17) is 5.11 Å². The summed E-state index contributed by atoms with van der Waals surface area (Å²) in [6.45, 7) is 3.81. The van der Waals surface area contributed by atoms with Gasteiger partial charge in [-0.05, 0) is 31.2 Å². The number of rotatable bonds is 19. The van der Waals surface area contributed by atoms with Gasteiger partial charge >= 0.3 is 0 Å². The summed E-state index contributed by atoms with van der Waals surface area (Å²) < 4.78 is 2.35. The van der Waals surface area contributed by atoms with Crippen molar-refractivity contribution in [2.45, 2.75) is 123 Å². The number of hydrogen-bond acceptors (Lipinski definition) is 1. The van der Waals surface area contributed by atoms with Crippen LogP contribution in [-0.4, -0.2) is 11.7 Å². The molecular weight excluding hydrogens is 366 g/mol. The zero-order valence-corrected chi connectivity index (χ0v) is 19.3. The Hall–Kier alpha value is -0.600. The summed E-state index contributed by atoms with van der Waals surface area (Å²) >= 11 is 0. The molecule has 0 aliphatic heterocycles. The van der Waals surface area contributed by atoms with Crippen LogP contribution in [0.1, 0.15) is 115 Å². The second-order valence-electron chi connectivity index (χ2n) is 8.22. The molecular formula is C25H46ClNO. The highest BCUT2D eigenvalue weighted by Crippen LogP contribution is 2.11. The van der Waals surface area contributed by atoms with Crippen molar-refractivity contribution in [2.24, 2.45) is 0 Å². The van der Waals surface area contributed by atoms with Gasteiger partial charge in [0.25, 0.3) is 0 Å². The Morgan fingerprint density at radius 2 is 1.11 bits per heavy atom. The fourth-order valence-electron chi connectivity index (χ4n) is 3.73. The molecule has 0 spiro atoms. The smallest absolute Gasteiger partial charge is 0.169 e. The molecule has 1 N–H and O–H groups in total. The summed E-state index contributed by atoms with van der Waals surface area (Å²) in [5, 5.41) is 8.75. The Kier molecular flexibility index (Phi) is 20.7. The summed E-state index contributed by atoms with van der Waals surface area (Å²) in [5.41, 5.74) is 1.50. The average molecular weight is 412 g/mol. The highest BCUT2D eigenvalue weighted by atomic mass is 35.5. The van der Waals surface area contributed by atoms with Gasteiger partial charge in [-0.25, -0.2) is 4.57 Å². The molecule has 2 nitrogen and oxygen atoms in total. The van der Waals surface area contributed by atoms with Gasteiger partial charge in [-0.3, -0.25) is 0 Å². The molecule has 0 aliphatic rings. The lowest BCUT2D eigenvalue weighted by Crippen LogP contribution is -3.00. The van der Waals surface area contributed by atoms with Crippen molar-refractivity contribution in [1.82, 2.24) is 0 Å². The first kappa shape index (κ1) is 27.4. The number of aryl methyl sites for hydroxylation is 2. The fourth-order valence-corrected chi connectivity index (χ4v) is 3.73. The number of unbranched alkanes of at least 4 members (excludes halogenated alkanes) is 14. The largest absolute Gasteiger partial charge is 1.00 e. The molecule has 0 unspecified atom stereocenters. The maximum absolute atomic E-state index is 8.75. The Morgan fingerprint density at radius 3 is 1.64 bits per heavy atom. The van der Waals surface area contributed by atoms with E-state index < -0.39 is 0 Å². The van der Waals surface area contributed by atoms with Crippen molar-refractivity contribution in [3.8, 4) is 0 Å². The van der Waals surface area contributed by atoms with E-state index in [1.54, 1.807) is 0 Å². The van der Waals surface area contributed by atoms with Crippen molar-refractivity contribution in [1.29, 1.82) is 0 Å². The molecule has 0 amide bonds. The van der Waals surface area contributed by atoms with Crippen molar-refractivity contribution < 1.29 is 22.1 Å². The van der Waals surface area contributed by atoms with Crippen LogP contribution in [0.5, 0.6) is 0 Å². The molecule has 0 bridgehead atoms. The van der Waals surface area contributed by atoms with Crippen LogP contribution in [0.4, 0.5) is 0 Å². The summed E-state index contributed by atoms with van der Waals surface area (Å²) in [6.07, 6.45) is 27.1. The molecule has 164 valence electrons. The molecule has 3 heteroatoms. The van der Waals surface area contributed by atoms with Crippen molar-refractivity contribution in [3.63, 3.8) is 0 Å². The number of hydrogen-bond donors (Lipinski definition) is 1. The predicted octanol–water partition coefficient (Wildman–Crippen LogP) is 3.77. The molecule has 1 aromatic rings. The minimum Gasteiger partial charge on any atom is -1.00 e. The van der Waals surface area contributed by atoms with E-state index in [0.29, 0.717) is 6.61 Å². The Balaban J connectivity index is 0.00000729. The second-order valence-corrected chi connectivity index (χ2v) is 8.22. The van der Waals surface area contributed by atoms with Crippen LogP contribution in [0.3, 0.4) is 0 Å². The third-order valence-corrected chi connectivity index (χ3v) is 5.60. The summed E-state index contributed by atoms with van der Waals surface area (Å²) in [7, 11) is 0. The van der Waals surface area contributed by atoms with Gasteiger partial charge in [0.2, 0.25) is 0 Å². The summed E-state index contributed by atoms with van der Waals surface area (Å²) in [5.74, 6) is 0. The highest BCUT2D eigenvalue weighted by molar-refractivity contribution is 5.07. The molecule has 1 heterocycles. The average Bonchev–Trinajstić information content (AvgIpc) is 2.70. The van der Waals surface area contributed by atoms with E-state index in [-0.39, 0.29) is 12.4 Å². The van der Waals surface area contributed by atoms with Crippen molar-refractivity contribution in [2.75, 3.05) is 6.61 Å². The topological polar surface area (TPSA) is 24.1 Å². The molecule has 0 saturated carbocycles. The minimum absolute atomic E-state index is 0. The van der Waals surface area contributed by atoms with Gasteiger partial charge in [0.1, 0.15) is 6.54 Å². The minimum atomic E-state index is 0. The Labute approximate surface area is 181 Å². The fraction of sp³-hybridized carbons (Fsp3) is 0.800. The van der Waals surface area contributed by atoms with E-state index in [0.717, 1.165) is 6.42 Å². The number of nitrogens with zero attached hydrogens (tertiary/aromatic N) is 1. The van der Waals surface area contributed by atoms with Gasteiger partial charge in [0, 0.05) is 25.2 Å². The summed E-state index contributed by atoms with van der Waals surface area (Å²) in [6, 6.07) is 4.64. The Bertz CT molecular complexity index is 421. The maximum atomic E-state index is 8.75. The molecule has 0 saturated heterocycles. The van der Waals surface area contributed by atoms with Gasteiger partial charge < -0.3 is 17.5 Å². The van der Waals surface area contributed by atoms with E-state index >= 15 is 0 Å². The first-order valence-electron chi connectivity index (χ1n) is 12.0. The molecule has 0 atom stereocenters. The van der Waals surface area contributed by atoms with Crippen LogP contribution in [0.2, 0.25) is 0 Å². The number of aliphatic hydroxyl groups excluding tert-OH is 1. The zero-order chi connectivity index (χ0) is 19.4. The monoisotopic (exact) mass is 411 g/mol. The molecule has 0 fully saturated rings. The van der Waals surface area contributed by atoms with Crippen LogP contribution in [-0.2, 0) is 13.0 Å². The van der Waals surface area contributed by atoms with Crippen LogP contribution in [0.25, 0.3) is 0 Å². The lowest BCUT2D eigenvalue weighted by atomic mass is 10.1. The van der Waals surface area contributed by atoms with Gasteiger partial charge in [-0.1, -0.05) is 84.0 Å². The maximum Gasteiger partial charge on any atom is 0.169 e. The van der Waals surface area contributed by atoms with E-state index in [1.807, 2.05) is 0 Å². The number of pyridine rings is 1. The number of aromatic nitrogens is 1. The van der Waals surface area contributed by atoms with Gasteiger partial charge in [0.15, 0.2) is 12.4 Å². The quantitative estimate of drug-likeness (QED) is 0.272. The van der Waals surface area contributed by atoms with Gasteiger partial charge in [-0.2, -0.15) is 0 Å². The molecule has 0 radical (unpaired) electrons. The standard InChI is InChI=1S/C25H46NO.ClH/c1-2-3-4-5-12-15-18-25-19-22-26(23-20-25)21-16-13-10-8-6-7-9-11-14-17-24-27;/h19-20,22-23,27H,2-18,21,24H2,1H3;1H/q+1;/p-1. The third-order valence-electron chi connectivity index (χ3n) is 5.60.